The predicted octanol–water partition coefficient (Wildman–Crippen LogP) is 3.28. The zero-order valence-corrected chi connectivity index (χ0v) is 14.9. The summed E-state index contributed by atoms with van der Waals surface area (Å²) in [4.78, 5) is 2.60. The van der Waals surface area contributed by atoms with E-state index < -0.39 is 0 Å². The van der Waals surface area contributed by atoms with Crippen LogP contribution in [0.4, 0.5) is 0 Å². The summed E-state index contributed by atoms with van der Waals surface area (Å²) in [5.74, 6) is 0.778. The minimum atomic E-state index is 0.170. The first kappa shape index (κ1) is 17.2. The van der Waals surface area contributed by atoms with Crippen LogP contribution < -0.4 is 5.73 Å². The fourth-order valence-electron chi connectivity index (χ4n) is 5.34. The first-order valence-corrected chi connectivity index (χ1v) is 8.67. The molecule has 1 aliphatic heterocycles. The van der Waals surface area contributed by atoms with Crippen molar-refractivity contribution in [3.05, 3.63) is 0 Å². The van der Waals surface area contributed by atoms with Crippen molar-refractivity contribution in [2.24, 2.45) is 22.5 Å². The highest BCUT2D eigenvalue weighted by atomic mass is 16.5. The second-order valence-electron chi connectivity index (χ2n) is 9.22. The molecule has 2 rings (SSSR count). The normalized spacial score (nSPS) is 28.7. The molecule has 2 fully saturated rings. The van der Waals surface area contributed by atoms with Crippen LogP contribution >= 0.6 is 0 Å². The standard InChI is InChI=1S/C18H36N2O/c1-16(2)11-17(3,4)13-18(12-16,14-19)20(5)10-15-6-8-21-9-7-15/h15H,6-14,19H2,1-5H3. The number of hydrogen-bond donors (Lipinski definition) is 1. The summed E-state index contributed by atoms with van der Waals surface area (Å²) in [6, 6.07) is 0. The number of nitrogens with two attached hydrogens (primary N) is 1. The molecule has 0 radical (unpaired) electrons. The van der Waals surface area contributed by atoms with Gasteiger partial charge in [-0.15, -0.1) is 0 Å². The van der Waals surface area contributed by atoms with E-state index in [4.69, 9.17) is 10.5 Å². The Bertz CT molecular complexity index is 329. The van der Waals surface area contributed by atoms with E-state index in [0.717, 1.165) is 25.7 Å². The van der Waals surface area contributed by atoms with E-state index in [9.17, 15) is 0 Å². The second-order valence-corrected chi connectivity index (χ2v) is 9.22. The number of hydrogen-bond acceptors (Lipinski definition) is 3. The number of rotatable bonds is 4. The quantitative estimate of drug-likeness (QED) is 0.865. The van der Waals surface area contributed by atoms with Gasteiger partial charge in [0.2, 0.25) is 0 Å². The van der Waals surface area contributed by atoms with Gasteiger partial charge in [-0.3, -0.25) is 4.90 Å². The van der Waals surface area contributed by atoms with Crippen LogP contribution in [0.15, 0.2) is 0 Å². The molecule has 3 nitrogen and oxygen atoms in total. The van der Waals surface area contributed by atoms with E-state index >= 15 is 0 Å². The van der Waals surface area contributed by atoms with Crippen molar-refractivity contribution >= 4 is 0 Å². The van der Waals surface area contributed by atoms with Crippen molar-refractivity contribution < 1.29 is 4.74 Å². The molecule has 0 spiro atoms. The molecule has 0 aromatic rings. The third-order valence-corrected chi connectivity index (χ3v) is 5.63. The summed E-state index contributed by atoms with van der Waals surface area (Å²) in [6.07, 6.45) is 6.15. The number of nitrogens with zero attached hydrogens (tertiary/aromatic N) is 1. The van der Waals surface area contributed by atoms with Crippen LogP contribution in [0, 0.1) is 16.7 Å². The van der Waals surface area contributed by atoms with Crippen LogP contribution in [-0.2, 0) is 4.74 Å². The highest BCUT2D eigenvalue weighted by Crippen LogP contribution is 2.51. The molecule has 0 amide bonds. The van der Waals surface area contributed by atoms with E-state index in [1.807, 2.05) is 0 Å². The van der Waals surface area contributed by atoms with Gasteiger partial charge in [0, 0.05) is 31.8 Å². The molecule has 3 heteroatoms. The van der Waals surface area contributed by atoms with Gasteiger partial charge in [-0.05, 0) is 55.9 Å². The van der Waals surface area contributed by atoms with Gasteiger partial charge < -0.3 is 10.5 Å². The third kappa shape index (κ3) is 4.20. The van der Waals surface area contributed by atoms with Crippen molar-refractivity contribution in [2.45, 2.75) is 65.3 Å². The molecule has 0 aromatic heterocycles. The van der Waals surface area contributed by atoms with Gasteiger partial charge in [0.05, 0.1) is 0 Å². The third-order valence-electron chi connectivity index (χ3n) is 5.63. The van der Waals surface area contributed by atoms with Gasteiger partial charge in [-0.2, -0.15) is 0 Å². The Balaban J connectivity index is 2.11. The van der Waals surface area contributed by atoms with Gasteiger partial charge in [0.15, 0.2) is 0 Å². The molecular formula is C18H36N2O. The summed E-state index contributed by atoms with van der Waals surface area (Å²) in [5.41, 5.74) is 7.25. The Morgan fingerprint density at radius 2 is 1.52 bits per heavy atom. The Kier molecular flexibility index (Phi) is 5.07. The Hall–Kier alpha value is -0.120. The summed E-state index contributed by atoms with van der Waals surface area (Å²) in [5, 5.41) is 0. The van der Waals surface area contributed by atoms with Crippen LogP contribution in [-0.4, -0.2) is 43.8 Å². The fourth-order valence-corrected chi connectivity index (χ4v) is 5.34. The van der Waals surface area contributed by atoms with E-state index in [2.05, 4.69) is 39.6 Å². The SMILES string of the molecule is CN(CC1CCOCC1)C1(CN)CC(C)(C)CC(C)(C)C1. The van der Waals surface area contributed by atoms with E-state index in [1.54, 1.807) is 0 Å². The Labute approximate surface area is 131 Å². The predicted molar refractivity (Wildman–Crippen MR) is 89.4 cm³/mol. The molecule has 0 atom stereocenters. The van der Waals surface area contributed by atoms with Crippen LogP contribution in [0.2, 0.25) is 0 Å². The molecule has 1 heterocycles. The summed E-state index contributed by atoms with van der Waals surface area (Å²) < 4.78 is 5.50. The molecule has 0 unspecified atom stereocenters. The minimum absolute atomic E-state index is 0.170. The average Bonchev–Trinajstić information content (AvgIpc) is 2.36. The molecule has 21 heavy (non-hydrogen) atoms. The summed E-state index contributed by atoms with van der Waals surface area (Å²) in [6.45, 7) is 13.5. The first-order valence-electron chi connectivity index (χ1n) is 8.67. The number of likely N-dealkylation sites (N-methyl/N-ethyl adjacent to an activating group) is 1. The number of ether oxygens (including phenoxy) is 1. The largest absolute Gasteiger partial charge is 0.381 e. The molecule has 124 valence electrons. The molecule has 2 aliphatic rings. The van der Waals surface area contributed by atoms with Gasteiger partial charge >= 0.3 is 0 Å². The van der Waals surface area contributed by atoms with Crippen molar-refractivity contribution in [1.29, 1.82) is 0 Å². The molecule has 1 saturated heterocycles. The van der Waals surface area contributed by atoms with Crippen molar-refractivity contribution in [2.75, 3.05) is 33.4 Å². The Morgan fingerprint density at radius 3 is 2.00 bits per heavy atom. The van der Waals surface area contributed by atoms with Crippen molar-refractivity contribution in [3.8, 4) is 0 Å². The topological polar surface area (TPSA) is 38.5 Å². The highest BCUT2D eigenvalue weighted by Gasteiger charge is 2.48. The van der Waals surface area contributed by atoms with Gasteiger partial charge in [-0.25, -0.2) is 0 Å². The van der Waals surface area contributed by atoms with Crippen LogP contribution in [0.3, 0.4) is 0 Å². The maximum atomic E-state index is 6.32. The smallest absolute Gasteiger partial charge is 0.0469 e. The first-order chi connectivity index (χ1) is 9.68. The lowest BCUT2D eigenvalue weighted by molar-refractivity contribution is -0.0452. The summed E-state index contributed by atoms with van der Waals surface area (Å²) in [7, 11) is 2.31. The van der Waals surface area contributed by atoms with Gasteiger partial charge in [-0.1, -0.05) is 27.7 Å². The molecule has 0 aromatic carbocycles. The van der Waals surface area contributed by atoms with E-state index in [0.29, 0.717) is 10.8 Å². The lowest BCUT2D eigenvalue weighted by Crippen LogP contribution is -2.60. The van der Waals surface area contributed by atoms with Gasteiger partial charge in [0.1, 0.15) is 0 Å². The zero-order chi connectivity index (χ0) is 15.7. The highest BCUT2D eigenvalue weighted by molar-refractivity contribution is 5.04. The maximum Gasteiger partial charge on any atom is 0.0469 e. The molecule has 2 N–H and O–H groups in total. The lowest BCUT2D eigenvalue weighted by Gasteiger charge is -2.56. The Morgan fingerprint density at radius 1 is 1.00 bits per heavy atom. The van der Waals surface area contributed by atoms with Crippen LogP contribution in [0.1, 0.15) is 59.8 Å². The lowest BCUT2D eigenvalue weighted by atomic mass is 9.58. The second kappa shape index (κ2) is 6.17. The van der Waals surface area contributed by atoms with E-state index in [1.165, 1.54) is 38.6 Å². The maximum absolute atomic E-state index is 6.32. The minimum Gasteiger partial charge on any atom is -0.381 e. The monoisotopic (exact) mass is 296 g/mol. The van der Waals surface area contributed by atoms with E-state index in [-0.39, 0.29) is 5.54 Å². The molecule has 1 saturated carbocycles. The molecular weight excluding hydrogens is 260 g/mol. The molecule has 0 bridgehead atoms. The van der Waals surface area contributed by atoms with Crippen LogP contribution in [0.5, 0.6) is 0 Å². The average molecular weight is 296 g/mol. The van der Waals surface area contributed by atoms with Crippen molar-refractivity contribution in [3.63, 3.8) is 0 Å². The van der Waals surface area contributed by atoms with Crippen molar-refractivity contribution in [1.82, 2.24) is 4.90 Å². The molecule has 1 aliphatic carbocycles. The zero-order valence-electron chi connectivity index (χ0n) is 14.9. The van der Waals surface area contributed by atoms with Crippen LogP contribution in [0.25, 0.3) is 0 Å². The van der Waals surface area contributed by atoms with Gasteiger partial charge in [0.25, 0.3) is 0 Å². The summed E-state index contributed by atoms with van der Waals surface area (Å²) >= 11 is 0. The fraction of sp³-hybridized carbons (Fsp3) is 1.00.